The monoisotopic (exact) mass is 526 g/mol. The van der Waals surface area contributed by atoms with Gasteiger partial charge in [0.15, 0.2) is 11.3 Å². The molecule has 2 bridgehead atoms. The van der Waals surface area contributed by atoms with Crippen LogP contribution in [0.15, 0.2) is 47.6 Å². The SMILES string of the molecule is Cc1ccc(S(=O)(=O)n2ccc3c2ncc2nnc(C45CCC(NS(=O)(=O)C6CC6)(CC4)C5)n23)cc1. The van der Waals surface area contributed by atoms with Crippen molar-refractivity contribution in [2.75, 3.05) is 0 Å². The van der Waals surface area contributed by atoms with Crippen molar-refractivity contribution in [2.45, 2.75) is 73.0 Å². The summed E-state index contributed by atoms with van der Waals surface area (Å²) < 4.78 is 58.4. The molecule has 1 N–H and O–H groups in total. The van der Waals surface area contributed by atoms with E-state index in [9.17, 15) is 16.8 Å². The molecule has 3 saturated carbocycles. The summed E-state index contributed by atoms with van der Waals surface area (Å²) in [4.78, 5) is 4.62. The van der Waals surface area contributed by atoms with E-state index in [1.54, 1.807) is 36.5 Å². The number of aryl methyl sites for hydroxylation is 1. The van der Waals surface area contributed by atoms with Gasteiger partial charge in [0, 0.05) is 17.2 Å². The van der Waals surface area contributed by atoms with Gasteiger partial charge in [0.2, 0.25) is 10.0 Å². The maximum atomic E-state index is 13.4. The summed E-state index contributed by atoms with van der Waals surface area (Å²) in [6.07, 6.45) is 8.31. The Morgan fingerprint density at radius 3 is 2.39 bits per heavy atom. The number of hydrogen-bond donors (Lipinski definition) is 1. The largest absolute Gasteiger partial charge is 0.274 e. The molecule has 0 unspecified atom stereocenters. The summed E-state index contributed by atoms with van der Waals surface area (Å²) in [6.45, 7) is 1.91. The van der Waals surface area contributed by atoms with E-state index < -0.39 is 25.6 Å². The van der Waals surface area contributed by atoms with E-state index in [1.807, 2.05) is 11.3 Å². The second-order valence-electron chi connectivity index (χ2n) is 10.7. The lowest BCUT2D eigenvalue weighted by molar-refractivity contribution is 0.362. The van der Waals surface area contributed by atoms with Crippen LogP contribution in [0.25, 0.3) is 16.8 Å². The van der Waals surface area contributed by atoms with E-state index in [2.05, 4.69) is 19.9 Å². The molecule has 188 valence electrons. The number of sulfonamides is 1. The molecule has 12 heteroatoms. The topological polar surface area (TPSA) is 128 Å². The molecule has 3 aliphatic carbocycles. The first-order valence-corrected chi connectivity index (χ1v) is 15.2. The van der Waals surface area contributed by atoms with Crippen molar-refractivity contribution >= 4 is 36.9 Å². The smallest absolute Gasteiger partial charge is 0.269 e. The zero-order valence-corrected chi connectivity index (χ0v) is 21.4. The molecule has 7 rings (SSSR count). The third-order valence-corrected chi connectivity index (χ3v) is 12.0. The predicted molar refractivity (Wildman–Crippen MR) is 133 cm³/mol. The first-order chi connectivity index (χ1) is 17.1. The van der Waals surface area contributed by atoms with Crippen molar-refractivity contribution in [3.05, 3.63) is 54.1 Å². The summed E-state index contributed by atoms with van der Waals surface area (Å²) in [7, 11) is -7.15. The molecule has 0 aliphatic heterocycles. The van der Waals surface area contributed by atoms with Crippen molar-refractivity contribution in [3.63, 3.8) is 0 Å². The van der Waals surface area contributed by atoms with Gasteiger partial charge in [-0.1, -0.05) is 17.7 Å². The molecule has 3 aliphatic rings. The molecule has 0 saturated heterocycles. The average Bonchev–Trinajstić information content (AvgIpc) is 3.18. The van der Waals surface area contributed by atoms with Gasteiger partial charge >= 0.3 is 0 Å². The number of fused-ring (bicyclic) bond motifs is 5. The highest BCUT2D eigenvalue weighted by atomic mass is 32.2. The normalized spacial score (nSPS) is 26.4. The van der Waals surface area contributed by atoms with Crippen LogP contribution in [0.3, 0.4) is 0 Å². The van der Waals surface area contributed by atoms with Crippen LogP contribution in [0.1, 0.15) is 56.3 Å². The zero-order valence-electron chi connectivity index (χ0n) is 19.8. The molecule has 3 heterocycles. The Balaban J connectivity index is 1.31. The van der Waals surface area contributed by atoms with E-state index in [-0.39, 0.29) is 15.6 Å². The van der Waals surface area contributed by atoms with Gasteiger partial charge in [-0.3, -0.25) is 4.40 Å². The predicted octanol–water partition coefficient (Wildman–Crippen LogP) is 2.66. The lowest BCUT2D eigenvalue weighted by atomic mass is 9.83. The Labute approximate surface area is 208 Å². The summed E-state index contributed by atoms with van der Waals surface area (Å²) in [5.41, 5.74) is 1.67. The number of nitrogens with one attached hydrogen (secondary N) is 1. The Kier molecular flexibility index (Phi) is 4.44. The summed E-state index contributed by atoms with van der Waals surface area (Å²) in [5, 5.41) is 8.65. The maximum Gasteiger partial charge on any atom is 0.269 e. The number of rotatable bonds is 6. The van der Waals surface area contributed by atoms with Crippen molar-refractivity contribution in [1.82, 2.24) is 28.3 Å². The Morgan fingerprint density at radius 2 is 1.69 bits per heavy atom. The minimum atomic E-state index is -3.84. The van der Waals surface area contributed by atoms with Crippen LogP contribution in [0.2, 0.25) is 0 Å². The molecule has 4 aromatic rings. The summed E-state index contributed by atoms with van der Waals surface area (Å²) >= 11 is 0. The lowest BCUT2D eigenvalue weighted by Gasteiger charge is -2.28. The van der Waals surface area contributed by atoms with Crippen LogP contribution in [-0.4, -0.2) is 51.2 Å². The van der Waals surface area contributed by atoms with Gasteiger partial charge < -0.3 is 0 Å². The number of nitrogens with zero attached hydrogens (tertiary/aromatic N) is 5. The lowest BCUT2D eigenvalue weighted by Crippen LogP contribution is -2.46. The fourth-order valence-electron chi connectivity index (χ4n) is 6.20. The maximum absolute atomic E-state index is 13.4. The molecule has 0 spiro atoms. The molecule has 0 amide bonds. The Morgan fingerprint density at radius 1 is 0.972 bits per heavy atom. The molecule has 0 radical (unpaired) electrons. The molecular formula is C24H26N6O4S2. The van der Waals surface area contributed by atoms with E-state index in [1.165, 1.54) is 10.2 Å². The highest BCUT2D eigenvalue weighted by Gasteiger charge is 2.59. The van der Waals surface area contributed by atoms with E-state index in [0.717, 1.165) is 49.9 Å². The second kappa shape index (κ2) is 7.14. The van der Waals surface area contributed by atoms with E-state index >= 15 is 0 Å². The van der Waals surface area contributed by atoms with Crippen LogP contribution in [0.5, 0.6) is 0 Å². The number of aromatic nitrogens is 5. The average molecular weight is 527 g/mol. The molecular weight excluding hydrogens is 500 g/mol. The zero-order chi connectivity index (χ0) is 24.9. The fourth-order valence-corrected chi connectivity index (χ4v) is 9.30. The summed E-state index contributed by atoms with van der Waals surface area (Å²) in [6, 6.07) is 8.46. The quantitative estimate of drug-likeness (QED) is 0.409. The summed E-state index contributed by atoms with van der Waals surface area (Å²) in [5.74, 6) is 0.750. The van der Waals surface area contributed by atoms with Crippen LogP contribution in [-0.2, 0) is 25.5 Å². The molecule has 3 aromatic heterocycles. The fraction of sp³-hybridized carbons (Fsp3) is 0.458. The highest BCUT2D eigenvalue weighted by molar-refractivity contribution is 7.90. The third-order valence-electron chi connectivity index (χ3n) is 8.25. The minimum Gasteiger partial charge on any atom is -0.274 e. The highest BCUT2D eigenvalue weighted by Crippen LogP contribution is 2.57. The molecule has 3 fully saturated rings. The molecule has 0 atom stereocenters. The van der Waals surface area contributed by atoms with E-state index in [4.69, 9.17) is 0 Å². The standard InChI is InChI=1S/C24H26N6O4S2/c1-16-2-4-18(5-3-16)36(33,34)29-13-8-19-21(29)25-14-20-26-27-22(30(19)20)23-9-11-24(15-23,12-10-23)28-35(31,32)17-6-7-17/h2-5,8,13-14,17,28H,6-7,9-12,15H2,1H3. The second-order valence-corrected chi connectivity index (χ2v) is 14.5. The van der Waals surface area contributed by atoms with Crippen molar-refractivity contribution in [3.8, 4) is 0 Å². The van der Waals surface area contributed by atoms with E-state index in [0.29, 0.717) is 23.2 Å². The van der Waals surface area contributed by atoms with Crippen molar-refractivity contribution in [2.24, 2.45) is 0 Å². The van der Waals surface area contributed by atoms with Gasteiger partial charge in [-0.25, -0.2) is 30.5 Å². The number of hydrogen-bond acceptors (Lipinski definition) is 7. The van der Waals surface area contributed by atoms with Gasteiger partial charge in [0.05, 0.1) is 21.9 Å². The van der Waals surface area contributed by atoms with Gasteiger partial charge in [-0.05, 0) is 70.1 Å². The van der Waals surface area contributed by atoms with Crippen molar-refractivity contribution in [1.29, 1.82) is 0 Å². The van der Waals surface area contributed by atoms with Crippen LogP contribution >= 0.6 is 0 Å². The Hall–Kier alpha value is -2.83. The van der Waals surface area contributed by atoms with Gasteiger partial charge in [0.1, 0.15) is 5.82 Å². The molecule has 10 nitrogen and oxygen atoms in total. The molecule has 1 aromatic carbocycles. The molecule has 36 heavy (non-hydrogen) atoms. The van der Waals surface area contributed by atoms with Gasteiger partial charge in [-0.2, -0.15) is 0 Å². The minimum absolute atomic E-state index is 0.189. The first-order valence-electron chi connectivity index (χ1n) is 12.2. The number of benzene rings is 1. The van der Waals surface area contributed by atoms with Gasteiger partial charge in [-0.15, -0.1) is 10.2 Å². The van der Waals surface area contributed by atoms with Crippen LogP contribution in [0.4, 0.5) is 0 Å². The van der Waals surface area contributed by atoms with Crippen LogP contribution < -0.4 is 4.72 Å². The third kappa shape index (κ3) is 3.13. The van der Waals surface area contributed by atoms with Crippen LogP contribution in [0, 0.1) is 6.92 Å². The van der Waals surface area contributed by atoms with Gasteiger partial charge in [0.25, 0.3) is 10.0 Å². The first kappa shape index (κ1) is 22.4. The van der Waals surface area contributed by atoms with Crippen molar-refractivity contribution < 1.29 is 16.8 Å². The Bertz CT molecular complexity index is 1740.